The number of hydrogen-bond donors (Lipinski definition) is 1. The minimum atomic E-state index is -0.442. The second-order valence-electron chi connectivity index (χ2n) is 5.83. The van der Waals surface area contributed by atoms with Crippen molar-refractivity contribution in [1.82, 2.24) is 15.1 Å². The number of nitrogens with one attached hydrogen (secondary N) is 1. The maximum atomic E-state index is 11.9. The molecule has 2 heterocycles. The van der Waals surface area contributed by atoms with Gasteiger partial charge in [0.2, 0.25) is 0 Å². The average Bonchev–Trinajstić information content (AvgIpc) is 2.96. The van der Waals surface area contributed by atoms with Gasteiger partial charge in [-0.05, 0) is 27.2 Å². The highest BCUT2D eigenvalue weighted by Crippen LogP contribution is 2.20. The number of amides is 1. The van der Waals surface area contributed by atoms with Gasteiger partial charge < -0.3 is 14.4 Å². The SMILES string of the molecule is CC(C)(C)OC(=O)N1CCC(COc2cn[nH]c2)C1. The van der Waals surface area contributed by atoms with Crippen LogP contribution in [-0.4, -0.2) is 46.5 Å². The molecule has 0 radical (unpaired) electrons. The second kappa shape index (κ2) is 5.50. The third kappa shape index (κ3) is 4.15. The molecule has 1 aromatic rings. The molecule has 0 saturated carbocycles. The van der Waals surface area contributed by atoms with Crippen molar-refractivity contribution in [2.75, 3.05) is 19.7 Å². The van der Waals surface area contributed by atoms with Crippen molar-refractivity contribution in [2.24, 2.45) is 5.92 Å². The molecule has 0 aliphatic carbocycles. The molecule has 1 aliphatic rings. The molecule has 2 rings (SSSR count). The molecule has 1 N–H and O–H groups in total. The van der Waals surface area contributed by atoms with Crippen LogP contribution >= 0.6 is 0 Å². The van der Waals surface area contributed by atoms with Crippen LogP contribution in [0.1, 0.15) is 27.2 Å². The van der Waals surface area contributed by atoms with E-state index in [0.717, 1.165) is 18.7 Å². The van der Waals surface area contributed by atoms with E-state index in [1.807, 2.05) is 20.8 Å². The molecule has 1 aliphatic heterocycles. The van der Waals surface area contributed by atoms with Crippen LogP contribution in [0.3, 0.4) is 0 Å². The fourth-order valence-electron chi connectivity index (χ4n) is 1.99. The average molecular weight is 267 g/mol. The van der Waals surface area contributed by atoms with Crippen LogP contribution in [-0.2, 0) is 4.74 Å². The van der Waals surface area contributed by atoms with Crippen molar-refractivity contribution in [3.05, 3.63) is 12.4 Å². The zero-order chi connectivity index (χ0) is 13.9. The van der Waals surface area contributed by atoms with Crippen molar-refractivity contribution in [3.8, 4) is 5.75 Å². The number of carbonyl (C=O) groups excluding carboxylic acids is 1. The van der Waals surface area contributed by atoms with Crippen LogP contribution < -0.4 is 4.74 Å². The smallest absolute Gasteiger partial charge is 0.410 e. The van der Waals surface area contributed by atoms with Crippen molar-refractivity contribution in [3.63, 3.8) is 0 Å². The van der Waals surface area contributed by atoms with Crippen molar-refractivity contribution in [2.45, 2.75) is 32.8 Å². The predicted octanol–water partition coefficient (Wildman–Crippen LogP) is 2.05. The van der Waals surface area contributed by atoms with Crippen LogP contribution in [0.5, 0.6) is 5.75 Å². The van der Waals surface area contributed by atoms with Crippen LogP contribution in [0.15, 0.2) is 12.4 Å². The van der Waals surface area contributed by atoms with Gasteiger partial charge in [-0.1, -0.05) is 0 Å². The number of hydrogen-bond acceptors (Lipinski definition) is 4. The second-order valence-corrected chi connectivity index (χ2v) is 5.83. The predicted molar refractivity (Wildman–Crippen MR) is 70.0 cm³/mol. The summed E-state index contributed by atoms with van der Waals surface area (Å²) < 4.78 is 10.9. The number of ether oxygens (including phenoxy) is 2. The molecule has 6 heteroatoms. The largest absolute Gasteiger partial charge is 0.490 e. The van der Waals surface area contributed by atoms with E-state index in [1.165, 1.54) is 0 Å². The molecule has 1 aromatic heterocycles. The first-order chi connectivity index (χ1) is 8.94. The van der Waals surface area contributed by atoms with Gasteiger partial charge >= 0.3 is 6.09 Å². The highest BCUT2D eigenvalue weighted by atomic mass is 16.6. The van der Waals surface area contributed by atoms with Gasteiger partial charge in [-0.25, -0.2) is 4.79 Å². The Kier molecular flexibility index (Phi) is 3.97. The van der Waals surface area contributed by atoms with E-state index in [0.29, 0.717) is 19.1 Å². The zero-order valence-corrected chi connectivity index (χ0v) is 11.7. The Labute approximate surface area is 113 Å². The molecular formula is C13H21N3O3. The van der Waals surface area contributed by atoms with Gasteiger partial charge in [0, 0.05) is 19.0 Å². The monoisotopic (exact) mass is 267 g/mol. The minimum absolute atomic E-state index is 0.238. The van der Waals surface area contributed by atoms with Crippen LogP contribution in [0.4, 0.5) is 4.79 Å². The summed E-state index contributed by atoms with van der Waals surface area (Å²) in [7, 11) is 0. The molecule has 19 heavy (non-hydrogen) atoms. The Hall–Kier alpha value is -1.72. The van der Waals surface area contributed by atoms with Gasteiger partial charge in [-0.2, -0.15) is 5.10 Å². The van der Waals surface area contributed by atoms with E-state index in [4.69, 9.17) is 9.47 Å². The van der Waals surface area contributed by atoms with Gasteiger partial charge in [-0.15, -0.1) is 0 Å². The number of likely N-dealkylation sites (tertiary alicyclic amines) is 1. The number of aromatic amines is 1. The molecule has 6 nitrogen and oxygen atoms in total. The molecule has 106 valence electrons. The first-order valence-electron chi connectivity index (χ1n) is 6.53. The Morgan fingerprint density at radius 3 is 3.00 bits per heavy atom. The highest BCUT2D eigenvalue weighted by molar-refractivity contribution is 5.68. The molecule has 1 fully saturated rings. The lowest BCUT2D eigenvalue weighted by molar-refractivity contribution is 0.0285. The topological polar surface area (TPSA) is 67.4 Å². The maximum absolute atomic E-state index is 11.9. The summed E-state index contributed by atoms with van der Waals surface area (Å²) in [6, 6.07) is 0. The van der Waals surface area contributed by atoms with Gasteiger partial charge in [0.1, 0.15) is 5.60 Å². The van der Waals surface area contributed by atoms with Crippen molar-refractivity contribution < 1.29 is 14.3 Å². The molecule has 0 bridgehead atoms. The van der Waals surface area contributed by atoms with Crippen LogP contribution in [0.2, 0.25) is 0 Å². The normalized spacial score (nSPS) is 19.5. The molecule has 0 aromatic carbocycles. The van der Waals surface area contributed by atoms with Crippen molar-refractivity contribution in [1.29, 1.82) is 0 Å². The fraction of sp³-hybridized carbons (Fsp3) is 0.692. The number of rotatable bonds is 3. The quantitative estimate of drug-likeness (QED) is 0.910. The Morgan fingerprint density at radius 2 is 2.37 bits per heavy atom. The van der Waals surface area contributed by atoms with E-state index in [2.05, 4.69) is 10.2 Å². The van der Waals surface area contributed by atoms with Crippen molar-refractivity contribution >= 4 is 6.09 Å². The van der Waals surface area contributed by atoms with E-state index in [-0.39, 0.29) is 6.09 Å². The first kappa shape index (κ1) is 13.7. The Morgan fingerprint density at radius 1 is 1.58 bits per heavy atom. The summed E-state index contributed by atoms with van der Waals surface area (Å²) in [4.78, 5) is 13.6. The minimum Gasteiger partial charge on any atom is -0.490 e. The summed E-state index contributed by atoms with van der Waals surface area (Å²) in [5.41, 5.74) is -0.442. The summed E-state index contributed by atoms with van der Waals surface area (Å²) in [6.45, 7) is 7.64. The Balaban J connectivity index is 1.75. The Bertz CT molecular complexity index is 411. The standard InChI is InChI=1S/C13H21N3O3/c1-13(2,3)19-12(17)16-5-4-10(8-16)9-18-11-6-14-15-7-11/h6-7,10H,4-5,8-9H2,1-3H3,(H,14,15). The molecule has 0 spiro atoms. The van der Waals surface area contributed by atoms with E-state index in [1.54, 1.807) is 17.3 Å². The van der Waals surface area contributed by atoms with Gasteiger partial charge in [0.05, 0.1) is 19.0 Å². The first-order valence-corrected chi connectivity index (χ1v) is 6.53. The number of carbonyl (C=O) groups is 1. The molecule has 1 unspecified atom stereocenters. The lowest BCUT2D eigenvalue weighted by Crippen LogP contribution is -2.35. The summed E-state index contributed by atoms with van der Waals surface area (Å²) in [5.74, 6) is 1.08. The maximum Gasteiger partial charge on any atom is 0.410 e. The summed E-state index contributed by atoms with van der Waals surface area (Å²) >= 11 is 0. The summed E-state index contributed by atoms with van der Waals surface area (Å²) in [6.07, 6.45) is 4.05. The number of H-pyrrole nitrogens is 1. The van der Waals surface area contributed by atoms with E-state index < -0.39 is 5.60 Å². The van der Waals surface area contributed by atoms with Gasteiger partial charge in [0.15, 0.2) is 5.75 Å². The summed E-state index contributed by atoms with van der Waals surface area (Å²) in [5, 5.41) is 6.51. The van der Waals surface area contributed by atoms with Gasteiger partial charge in [0.25, 0.3) is 0 Å². The number of nitrogens with zero attached hydrogens (tertiary/aromatic N) is 2. The fourth-order valence-corrected chi connectivity index (χ4v) is 1.99. The lowest BCUT2D eigenvalue weighted by Gasteiger charge is -2.24. The molecular weight excluding hydrogens is 246 g/mol. The van der Waals surface area contributed by atoms with Gasteiger partial charge in [-0.3, -0.25) is 5.10 Å². The van der Waals surface area contributed by atoms with E-state index in [9.17, 15) is 4.79 Å². The molecule has 1 amide bonds. The lowest BCUT2D eigenvalue weighted by atomic mass is 10.1. The third-order valence-electron chi connectivity index (χ3n) is 2.90. The number of aromatic nitrogens is 2. The third-order valence-corrected chi connectivity index (χ3v) is 2.90. The van der Waals surface area contributed by atoms with Crippen LogP contribution in [0, 0.1) is 5.92 Å². The van der Waals surface area contributed by atoms with Crippen LogP contribution in [0.25, 0.3) is 0 Å². The highest BCUT2D eigenvalue weighted by Gasteiger charge is 2.30. The molecule has 1 saturated heterocycles. The van der Waals surface area contributed by atoms with E-state index >= 15 is 0 Å². The molecule has 1 atom stereocenters. The zero-order valence-electron chi connectivity index (χ0n) is 11.7.